The first kappa shape index (κ1) is 16.1. The highest BCUT2D eigenvalue weighted by Gasteiger charge is 2.18. The van der Waals surface area contributed by atoms with Crippen molar-refractivity contribution in [2.75, 3.05) is 0 Å². The molecule has 0 radical (unpaired) electrons. The van der Waals surface area contributed by atoms with E-state index in [1.54, 1.807) is 12.1 Å². The fourth-order valence-electron chi connectivity index (χ4n) is 1.86. The molecule has 0 aliphatic rings. The minimum Gasteiger partial charge on any atom is -0.391 e. The summed E-state index contributed by atoms with van der Waals surface area (Å²) in [6.45, 7) is 0. The summed E-state index contributed by atoms with van der Waals surface area (Å²) in [4.78, 5) is 12.6. The van der Waals surface area contributed by atoms with Gasteiger partial charge in [0.15, 0.2) is 0 Å². The molecule has 108 valence electrons. The van der Waals surface area contributed by atoms with Crippen molar-refractivity contribution < 1.29 is 4.79 Å². The van der Waals surface area contributed by atoms with Crippen LogP contribution in [-0.4, -0.2) is 10.9 Å². The average Bonchev–Trinajstić information content (AvgIpc) is 2.44. The van der Waals surface area contributed by atoms with Crippen molar-refractivity contribution >= 4 is 55.0 Å². The maximum absolute atomic E-state index is 12.4. The first-order valence-electron chi connectivity index (χ1n) is 6.08. The summed E-state index contributed by atoms with van der Waals surface area (Å²) in [5, 5.41) is 2.86. The molecule has 0 fully saturated rings. The average molecular weight is 428 g/mol. The van der Waals surface area contributed by atoms with Crippen LogP contribution in [0.1, 0.15) is 22.0 Å². The highest BCUT2D eigenvalue weighted by atomic mass is 79.9. The predicted molar refractivity (Wildman–Crippen MR) is 95.3 cm³/mol. The summed E-state index contributed by atoms with van der Waals surface area (Å²) < 4.78 is 1.63. The fourth-order valence-corrected chi connectivity index (χ4v) is 3.35. The molecule has 0 bridgehead atoms. The molecule has 0 saturated carbocycles. The fraction of sp³-hybridized carbons (Fsp3) is 0.0667. The van der Waals surface area contributed by atoms with Crippen LogP contribution in [0.3, 0.4) is 0 Å². The summed E-state index contributed by atoms with van der Waals surface area (Å²) in [5.41, 5.74) is 7.13. The Hall–Kier alpha value is -1.24. The standard InChI is InChI=1S/C15H12Br2N2OS/c16-11-6-10(7-12(17)8-11)15(20)19-13(14(18)21)9-4-2-1-3-5-9/h1-8,13H,(H2,18,21)(H,19,20). The number of carbonyl (C=O) groups is 1. The summed E-state index contributed by atoms with van der Waals surface area (Å²) in [7, 11) is 0. The minimum atomic E-state index is -0.494. The second-order valence-corrected chi connectivity index (χ2v) is 6.68. The number of rotatable bonds is 4. The van der Waals surface area contributed by atoms with E-state index in [4.69, 9.17) is 18.0 Å². The van der Waals surface area contributed by atoms with Crippen LogP contribution in [0.25, 0.3) is 0 Å². The molecule has 2 aromatic rings. The highest BCUT2D eigenvalue weighted by molar-refractivity contribution is 9.11. The summed E-state index contributed by atoms with van der Waals surface area (Å²) >= 11 is 11.8. The van der Waals surface area contributed by atoms with E-state index in [9.17, 15) is 4.79 Å². The van der Waals surface area contributed by atoms with E-state index in [-0.39, 0.29) is 10.9 Å². The molecule has 2 aromatic carbocycles. The van der Waals surface area contributed by atoms with Gasteiger partial charge in [-0.1, -0.05) is 74.4 Å². The van der Waals surface area contributed by atoms with Gasteiger partial charge in [-0.25, -0.2) is 0 Å². The maximum Gasteiger partial charge on any atom is 0.252 e. The number of thiocarbonyl (C=S) groups is 1. The quantitative estimate of drug-likeness (QED) is 0.725. The van der Waals surface area contributed by atoms with Gasteiger partial charge in [0.05, 0.1) is 0 Å². The number of nitrogens with two attached hydrogens (primary N) is 1. The molecule has 1 atom stereocenters. The zero-order valence-electron chi connectivity index (χ0n) is 10.8. The van der Waals surface area contributed by atoms with Crippen LogP contribution >= 0.6 is 44.1 Å². The van der Waals surface area contributed by atoms with Crippen molar-refractivity contribution in [1.29, 1.82) is 0 Å². The number of amides is 1. The van der Waals surface area contributed by atoms with Gasteiger partial charge in [0.25, 0.3) is 5.91 Å². The molecule has 3 nitrogen and oxygen atoms in total. The molecular formula is C15H12Br2N2OS. The first-order valence-corrected chi connectivity index (χ1v) is 8.08. The highest BCUT2D eigenvalue weighted by Crippen LogP contribution is 2.21. The lowest BCUT2D eigenvalue weighted by molar-refractivity contribution is 0.0946. The van der Waals surface area contributed by atoms with Gasteiger partial charge in [-0.05, 0) is 23.8 Å². The largest absolute Gasteiger partial charge is 0.391 e. The molecule has 0 aliphatic carbocycles. The Morgan fingerprint density at radius 1 is 1.10 bits per heavy atom. The predicted octanol–water partition coefficient (Wildman–Crippen LogP) is 3.97. The molecule has 1 unspecified atom stereocenters. The molecule has 2 rings (SSSR count). The zero-order chi connectivity index (χ0) is 15.4. The van der Waals surface area contributed by atoms with E-state index in [1.165, 1.54) is 0 Å². The Balaban J connectivity index is 2.25. The van der Waals surface area contributed by atoms with Crippen molar-refractivity contribution in [3.05, 3.63) is 68.6 Å². The molecule has 6 heteroatoms. The Labute approximate surface area is 145 Å². The van der Waals surface area contributed by atoms with Crippen LogP contribution in [0, 0.1) is 0 Å². The molecule has 3 N–H and O–H groups in total. The summed E-state index contributed by atoms with van der Waals surface area (Å²) in [6.07, 6.45) is 0. The molecule has 21 heavy (non-hydrogen) atoms. The van der Waals surface area contributed by atoms with Crippen LogP contribution in [-0.2, 0) is 0 Å². The van der Waals surface area contributed by atoms with E-state index in [0.29, 0.717) is 5.56 Å². The molecule has 0 saturated heterocycles. The van der Waals surface area contributed by atoms with Crippen molar-refractivity contribution in [2.45, 2.75) is 6.04 Å². The van der Waals surface area contributed by atoms with Crippen LogP contribution in [0.2, 0.25) is 0 Å². The minimum absolute atomic E-state index is 0.226. The number of nitrogens with one attached hydrogen (secondary N) is 1. The Kier molecular flexibility index (Phi) is 5.50. The van der Waals surface area contributed by atoms with Crippen molar-refractivity contribution in [2.24, 2.45) is 5.73 Å². The van der Waals surface area contributed by atoms with Crippen LogP contribution in [0.4, 0.5) is 0 Å². The summed E-state index contributed by atoms with van der Waals surface area (Å²) in [5.74, 6) is -0.237. The normalized spacial score (nSPS) is 11.7. The van der Waals surface area contributed by atoms with Gasteiger partial charge >= 0.3 is 0 Å². The lowest BCUT2D eigenvalue weighted by Gasteiger charge is -2.18. The van der Waals surface area contributed by atoms with Gasteiger partial charge < -0.3 is 11.1 Å². The van der Waals surface area contributed by atoms with Crippen LogP contribution < -0.4 is 11.1 Å². The maximum atomic E-state index is 12.4. The van der Waals surface area contributed by atoms with Gasteiger partial charge in [0.1, 0.15) is 11.0 Å². The van der Waals surface area contributed by atoms with E-state index < -0.39 is 6.04 Å². The third-order valence-electron chi connectivity index (χ3n) is 2.82. The molecule has 0 aromatic heterocycles. The Morgan fingerprint density at radius 2 is 1.67 bits per heavy atom. The van der Waals surface area contributed by atoms with Crippen molar-refractivity contribution in [3.8, 4) is 0 Å². The second-order valence-electron chi connectivity index (χ2n) is 4.38. The number of hydrogen-bond acceptors (Lipinski definition) is 2. The number of benzene rings is 2. The zero-order valence-corrected chi connectivity index (χ0v) is 14.8. The molecular weight excluding hydrogens is 416 g/mol. The molecule has 0 aliphatic heterocycles. The third kappa shape index (κ3) is 4.36. The van der Waals surface area contributed by atoms with Crippen LogP contribution in [0.15, 0.2) is 57.5 Å². The first-order chi connectivity index (χ1) is 9.97. The molecule has 0 spiro atoms. The topological polar surface area (TPSA) is 55.1 Å². The monoisotopic (exact) mass is 426 g/mol. The SMILES string of the molecule is NC(=S)C(NC(=O)c1cc(Br)cc(Br)c1)c1ccccc1. The van der Waals surface area contributed by atoms with Gasteiger partial charge in [0, 0.05) is 14.5 Å². The lowest BCUT2D eigenvalue weighted by Crippen LogP contribution is -2.36. The van der Waals surface area contributed by atoms with Crippen molar-refractivity contribution in [3.63, 3.8) is 0 Å². The molecule has 0 heterocycles. The van der Waals surface area contributed by atoms with Crippen molar-refractivity contribution in [1.82, 2.24) is 5.32 Å². The number of halogens is 2. The number of hydrogen-bond donors (Lipinski definition) is 2. The van der Waals surface area contributed by atoms with Gasteiger partial charge in [-0.3, -0.25) is 4.79 Å². The second kappa shape index (κ2) is 7.15. The van der Waals surface area contributed by atoms with E-state index in [0.717, 1.165) is 14.5 Å². The van der Waals surface area contributed by atoms with Gasteiger partial charge in [-0.2, -0.15) is 0 Å². The van der Waals surface area contributed by atoms with E-state index in [2.05, 4.69) is 37.2 Å². The van der Waals surface area contributed by atoms with E-state index >= 15 is 0 Å². The Morgan fingerprint density at radius 3 is 2.19 bits per heavy atom. The van der Waals surface area contributed by atoms with Gasteiger partial charge in [-0.15, -0.1) is 0 Å². The van der Waals surface area contributed by atoms with E-state index in [1.807, 2.05) is 36.4 Å². The smallest absolute Gasteiger partial charge is 0.252 e. The molecule has 1 amide bonds. The lowest BCUT2D eigenvalue weighted by atomic mass is 10.1. The third-order valence-corrected chi connectivity index (χ3v) is 3.97. The Bertz CT molecular complexity index is 656. The number of carbonyl (C=O) groups excluding carboxylic acids is 1. The van der Waals surface area contributed by atoms with Gasteiger partial charge in [0.2, 0.25) is 0 Å². The summed E-state index contributed by atoms with van der Waals surface area (Å²) in [6, 6.07) is 14.2. The van der Waals surface area contributed by atoms with Crippen LogP contribution in [0.5, 0.6) is 0 Å².